The van der Waals surface area contributed by atoms with E-state index in [1.54, 1.807) is 7.05 Å². The van der Waals surface area contributed by atoms with Crippen molar-refractivity contribution in [1.82, 2.24) is 19.1 Å². The summed E-state index contributed by atoms with van der Waals surface area (Å²) < 4.78 is 2.34. The third-order valence-electron chi connectivity index (χ3n) is 3.52. The predicted molar refractivity (Wildman–Crippen MR) is 85.7 cm³/mol. The van der Waals surface area contributed by atoms with Crippen LogP contribution in [0.1, 0.15) is 44.7 Å². The molecule has 0 aliphatic heterocycles. The van der Waals surface area contributed by atoms with E-state index in [-0.39, 0.29) is 11.2 Å². The first-order valence-corrected chi connectivity index (χ1v) is 7.48. The average Bonchev–Trinajstić information content (AvgIpc) is 2.54. The molecule has 0 radical (unpaired) electrons. The molecule has 6 nitrogen and oxygen atoms in total. The molecule has 2 heterocycles. The molecule has 22 heavy (non-hydrogen) atoms. The van der Waals surface area contributed by atoms with Gasteiger partial charge < -0.3 is 0 Å². The lowest BCUT2D eigenvalue weighted by Gasteiger charge is -2.05. The lowest BCUT2D eigenvalue weighted by atomic mass is 10.1. The maximum absolute atomic E-state index is 12.1. The standard InChI is InChI=1S/C16H20N4O2/c1-4-5-6-7-8-9-10-12-11-17-14-13(18-12)15(21)20(3)16(22)19(14)2/h11H,4-8H2,1-3H3. The van der Waals surface area contributed by atoms with Gasteiger partial charge in [-0.25, -0.2) is 14.8 Å². The third-order valence-corrected chi connectivity index (χ3v) is 3.52. The third kappa shape index (κ3) is 3.25. The minimum absolute atomic E-state index is 0.169. The first-order chi connectivity index (χ1) is 10.6. The summed E-state index contributed by atoms with van der Waals surface area (Å²) in [5, 5.41) is 0. The number of aryl methyl sites for hydroxylation is 1. The molecule has 0 fully saturated rings. The van der Waals surface area contributed by atoms with E-state index in [4.69, 9.17) is 0 Å². The number of rotatable bonds is 4. The van der Waals surface area contributed by atoms with Crippen LogP contribution < -0.4 is 11.2 Å². The molecule has 2 aromatic heterocycles. The van der Waals surface area contributed by atoms with Crippen LogP contribution in [-0.4, -0.2) is 19.1 Å². The van der Waals surface area contributed by atoms with E-state index >= 15 is 0 Å². The fourth-order valence-corrected chi connectivity index (χ4v) is 2.19. The lowest BCUT2D eigenvalue weighted by Crippen LogP contribution is -2.37. The van der Waals surface area contributed by atoms with Crippen LogP contribution in [-0.2, 0) is 14.1 Å². The molecule has 116 valence electrons. The normalized spacial score (nSPS) is 10.5. The topological polar surface area (TPSA) is 69.8 Å². The summed E-state index contributed by atoms with van der Waals surface area (Å²) in [7, 11) is 3.00. The first kappa shape index (κ1) is 16.0. The SMILES string of the molecule is CCCCCCC#Cc1cnc2c(n1)c(=O)n(C)c(=O)n2C. The molecule has 0 bridgehead atoms. The van der Waals surface area contributed by atoms with Gasteiger partial charge in [-0.05, 0) is 12.3 Å². The van der Waals surface area contributed by atoms with Gasteiger partial charge in [0.15, 0.2) is 11.2 Å². The molecule has 6 heteroatoms. The highest BCUT2D eigenvalue weighted by molar-refractivity contribution is 5.69. The van der Waals surface area contributed by atoms with Gasteiger partial charge >= 0.3 is 5.69 Å². The van der Waals surface area contributed by atoms with Gasteiger partial charge in [-0.1, -0.05) is 32.1 Å². The van der Waals surface area contributed by atoms with Gasteiger partial charge in [0.2, 0.25) is 0 Å². The van der Waals surface area contributed by atoms with Crippen LogP contribution in [0.5, 0.6) is 0 Å². The zero-order valence-corrected chi connectivity index (χ0v) is 13.2. The Kier molecular flexibility index (Phi) is 5.10. The van der Waals surface area contributed by atoms with Gasteiger partial charge in [0.25, 0.3) is 5.56 Å². The second-order valence-electron chi connectivity index (χ2n) is 5.25. The highest BCUT2D eigenvalue weighted by Crippen LogP contribution is 2.03. The highest BCUT2D eigenvalue weighted by atomic mass is 16.2. The Labute approximate surface area is 128 Å². The summed E-state index contributed by atoms with van der Waals surface area (Å²) in [6, 6.07) is 0. The van der Waals surface area contributed by atoms with Gasteiger partial charge in [-0.15, -0.1) is 0 Å². The molecule has 0 aliphatic rings. The van der Waals surface area contributed by atoms with Crippen molar-refractivity contribution in [3.05, 3.63) is 32.7 Å². The Morgan fingerprint density at radius 3 is 2.64 bits per heavy atom. The second kappa shape index (κ2) is 7.03. The van der Waals surface area contributed by atoms with E-state index in [2.05, 4.69) is 28.7 Å². The highest BCUT2D eigenvalue weighted by Gasteiger charge is 2.10. The van der Waals surface area contributed by atoms with Crippen LogP contribution in [0.2, 0.25) is 0 Å². The van der Waals surface area contributed by atoms with Gasteiger partial charge in [-0.3, -0.25) is 13.9 Å². The largest absolute Gasteiger partial charge is 0.332 e. The first-order valence-electron chi connectivity index (χ1n) is 7.48. The van der Waals surface area contributed by atoms with E-state index < -0.39 is 11.2 Å². The Morgan fingerprint density at radius 2 is 1.91 bits per heavy atom. The molecule has 0 amide bonds. The smallest absolute Gasteiger partial charge is 0.279 e. The fraction of sp³-hybridized carbons (Fsp3) is 0.500. The zero-order valence-electron chi connectivity index (χ0n) is 13.2. The van der Waals surface area contributed by atoms with E-state index in [1.807, 2.05) is 0 Å². The van der Waals surface area contributed by atoms with Gasteiger partial charge in [-0.2, -0.15) is 0 Å². The van der Waals surface area contributed by atoms with Crippen LogP contribution >= 0.6 is 0 Å². The van der Waals surface area contributed by atoms with Crippen LogP contribution in [0.3, 0.4) is 0 Å². The number of hydrogen-bond donors (Lipinski definition) is 0. The van der Waals surface area contributed by atoms with Gasteiger partial charge in [0, 0.05) is 20.5 Å². The minimum atomic E-state index is -0.447. The summed E-state index contributed by atoms with van der Waals surface area (Å²) in [6.07, 6.45) is 6.98. The molecule has 0 atom stereocenters. The van der Waals surface area contributed by atoms with Crippen LogP contribution in [0.15, 0.2) is 15.8 Å². The summed E-state index contributed by atoms with van der Waals surface area (Å²) in [5.41, 5.74) is 0.0430. The molecule has 0 saturated carbocycles. The Balaban J connectivity index is 2.30. The van der Waals surface area contributed by atoms with Crippen LogP contribution in [0, 0.1) is 11.8 Å². The van der Waals surface area contributed by atoms with Crippen molar-refractivity contribution in [3.8, 4) is 11.8 Å². The van der Waals surface area contributed by atoms with Gasteiger partial charge in [0.1, 0.15) is 5.69 Å². The molecular weight excluding hydrogens is 280 g/mol. The van der Waals surface area contributed by atoms with Gasteiger partial charge in [0.05, 0.1) is 6.20 Å². The Bertz CT molecular complexity index is 853. The fourth-order valence-electron chi connectivity index (χ4n) is 2.19. The predicted octanol–water partition coefficient (Wildman–Crippen LogP) is 1.35. The van der Waals surface area contributed by atoms with Crippen molar-refractivity contribution in [2.75, 3.05) is 0 Å². The molecule has 0 aliphatic carbocycles. The molecule has 0 aromatic carbocycles. The molecule has 2 rings (SSSR count). The number of fused-ring (bicyclic) bond motifs is 1. The van der Waals surface area contributed by atoms with E-state index in [0.29, 0.717) is 5.69 Å². The number of nitrogens with zero attached hydrogens (tertiary/aromatic N) is 4. The summed E-state index contributed by atoms with van der Waals surface area (Å²) in [6.45, 7) is 2.17. The zero-order chi connectivity index (χ0) is 16.1. The number of hydrogen-bond acceptors (Lipinski definition) is 4. The monoisotopic (exact) mass is 300 g/mol. The van der Waals surface area contributed by atoms with Crippen molar-refractivity contribution in [1.29, 1.82) is 0 Å². The lowest BCUT2D eigenvalue weighted by molar-refractivity contribution is 0.679. The van der Waals surface area contributed by atoms with E-state index in [0.717, 1.165) is 17.4 Å². The van der Waals surface area contributed by atoms with Crippen molar-refractivity contribution in [2.45, 2.75) is 39.0 Å². The average molecular weight is 300 g/mol. The maximum Gasteiger partial charge on any atom is 0.332 e. The van der Waals surface area contributed by atoms with Crippen molar-refractivity contribution < 1.29 is 0 Å². The van der Waals surface area contributed by atoms with E-state index in [9.17, 15) is 9.59 Å². The molecule has 0 N–H and O–H groups in total. The van der Waals surface area contributed by atoms with Crippen LogP contribution in [0.25, 0.3) is 11.2 Å². The summed E-state index contributed by atoms with van der Waals surface area (Å²) in [4.78, 5) is 32.3. The van der Waals surface area contributed by atoms with Crippen molar-refractivity contribution in [2.24, 2.45) is 14.1 Å². The molecule has 0 spiro atoms. The quantitative estimate of drug-likeness (QED) is 0.631. The number of aromatic nitrogens is 4. The molecular formula is C16H20N4O2. The molecule has 0 unspecified atom stereocenters. The minimum Gasteiger partial charge on any atom is -0.279 e. The van der Waals surface area contributed by atoms with E-state index in [1.165, 1.54) is 37.1 Å². The van der Waals surface area contributed by atoms with Crippen LogP contribution in [0.4, 0.5) is 0 Å². The number of unbranched alkanes of at least 4 members (excludes halogenated alkanes) is 4. The molecule has 2 aromatic rings. The maximum atomic E-state index is 12.1. The Hall–Kier alpha value is -2.42. The Morgan fingerprint density at radius 1 is 1.14 bits per heavy atom. The second-order valence-corrected chi connectivity index (χ2v) is 5.25. The summed E-state index contributed by atoms with van der Waals surface area (Å²) in [5.74, 6) is 5.99. The van der Waals surface area contributed by atoms with Crippen molar-refractivity contribution >= 4 is 11.2 Å². The molecule has 0 saturated heterocycles. The van der Waals surface area contributed by atoms with Crippen molar-refractivity contribution in [3.63, 3.8) is 0 Å². The summed E-state index contributed by atoms with van der Waals surface area (Å²) >= 11 is 0.